The maximum Gasteiger partial charge on any atom is 0.305 e. The number of morpholine rings is 1. The summed E-state index contributed by atoms with van der Waals surface area (Å²) in [6.45, 7) is 0.630. The molecule has 132 valence electrons. The molecule has 1 aromatic rings. The zero-order chi connectivity index (χ0) is 17.9. The van der Waals surface area contributed by atoms with E-state index < -0.39 is 27.8 Å². The zero-order valence-corrected chi connectivity index (χ0v) is 14.2. The lowest BCUT2D eigenvalue weighted by Crippen LogP contribution is -2.49. The molecule has 2 rings (SSSR count). The van der Waals surface area contributed by atoms with Gasteiger partial charge < -0.3 is 19.5 Å². The van der Waals surface area contributed by atoms with Crippen LogP contribution in [0.25, 0.3) is 0 Å². The highest BCUT2D eigenvalue weighted by molar-refractivity contribution is 7.90. The maximum absolute atomic E-state index is 12.9. The summed E-state index contributed by atoms with van der Waals surface area (Å²) >= 11 is 0. The van der Waals surface area contributed by atoms with E-state index in [0.717, 1.165) is 6.26 Å². The van der Waals surface area contributed by atoms with E-state index in [-0.39, 0.29) is 42.4 Å². The molecule has 0 saturated carbocycles. The molecule has 1 unspecified atom stereocenters. The van der Waals surface area contributed by atoms with Crippen molar-refractivity contribution in [1.82, 2.24) is 4.90 Å². The van der Waals surface area contributed by atoms with Crippen molar-refractivity contribution in [2.24, 2.45) is 0 Å². The number of carboxylic acids is 1. The number of carbonyl (C=O) groups is 2. The molecule has 0 bridgehead atoms. The molecule has 1 aliphatic rings. The molecule has 1 N–H and O–H groups in total. The Bertz CT molecular complexity index is 744. The molecule has 0 aromatic heterocycles. The fraction of sp³-hybridized carbons (Fsp3) is 0.467. The van der Waals surface area contributed by atoms with Crippen molar-refractivity contribution in [1.29, 1.82) is 0 Å². The second kappa shape index (κ2) is 7.18. The first kappa shape index (κ1) is 18.2. The third kappa shape index (κ3) is 4.04. The lowest BCUT2D eigenvalue weighted by Gasteiger charge is -2.35. The molecule has 1 aromatic carbocycles. The minimum atomic E-state index is -3.49. The number of amides is 1. The maximum atomic E-state index is 12.9. The smallest absolute Gasteiger partial charge is 0.305 e. The van der Waals surface area contributed by atoms with Crippen molar-refractivity contribution >= 4 is 21.7 Å². The van der Waals surface area contributed by atoms with Crippen molar-refractivity contribution in [2.75, 3.05) is 33.1 Å². The second-order valence-corrected chi connectivity index (χ2v) is 7.48. The Balaban J connectivity index is 2.41. The van der Waals surface area contributed by atoms with Crippen LogP contribution < -0.4 is 4.74 Å². The lowest BCUT2D eigenvalue weighted by molar-refractivity contribution is -0.139. The number of nitrogens with zero attached hydrogens (tertiary/aromatic N) is 1. The summed E-state index contributed by atoms with van der Waals surface area (Å²) in [4.78, 5) is 25.2. The summed E-state index contributed by atoms with van der Waals surface area (Å²) in [5, 5.41) is 8.99. The van der Waals surface area contributed by atoms with Crippen LogP contribution in [0.3, 0.4) is 0 Å². The lowest BCUT2D eigenvalue weighted by atomic mass is 10.1. The fourth-order valence-electron chi connectivity index (χ4n) is 2.53. The first-order valence-corrected chi connectivity index (χ1v) is 9.11. The Hall–Kier alpha value is -2.13. The predicted octanol–water partition coefficient (Wildman–Crippen LogP) is 0.414. The van der Waals surface area contributed by atoms with Crippen molar-refractivity contribution < 1.29 is 32.6 Å². The first-order valence-electron chi connectivity index (χ1n) is 7.22. The molecular weight excluding hydrogens is 338 g/mol. The first-order chi connectivity index (χ1) is 11.2. The molecule has 8 nitrogen and oxygen atoms in total. The Morgan fingerprint density at radius 1 is 1.42 bits per heavy atom. The van der Waals surface area contributed by atoms with Gasteiger partial charge in [-0.1, -0.05) is 0 Å². The average molecular weight is 357 g/mol. The summed E-state index contributed by atoms with van der Waals surface area (Å²) in [5.41, 5.74) is 0.0812. The number of rotatable bonds is 5. The zero-order valence-electron chi connectivity index (χ0n) is 13.4. The Morgan fingerprint density at radius 2 is 2.12 bits per heavy atom. The predicted molar refractivity (Wildman–Crippen MR) is 84.0 cm³/mol. The number of carbonyl (C=O) groups excluding carboxylic acids is 1. The van der Waals surface area contributed by atoms with Crippen LogP contribution in [0.2, 0.25) is 0 Å². The largest absolute Gasteiger partial charge is 0.496 e. The number of ether oxygens (including phenoxy) is 2. The van der Waals surface area contributed by atoms with E-state index in [1.165, 1.54) is 30.2 Å². The van der Waals surface area contributed by atoms with Gasteiger partial charge in [0.2, 0.25) is 0 Å². The van der Waals surface area contributed by atoms with Gasteiger partial charge in [-0.25, -0.2) is 8.42 Å². The molecule has 1 saturated heterocycles. The Morgan fingerprint density at radius 3 is 2.71 bits per heavy atom. The minimum absolute atomic E-state index is 0.00491. The Labute approximate surface area is 139 Å². The number of carboxylic acid groups (broad SMARTS) is 1. The van der Waals surface area contributed by atoms with Crippen molar-refractivity contribution in [3.63, 3.8) is 0 Å². The molecule has 9 heteroatoms. The van der Waals surface area contributed by atoms with E-state index in [1.807, 2.05) is 0 Å². The van der Waals surface area contributed by atoms with Gasteiger partial charge in [-0.3, -0.25) is 9.59 Å². The molecule has 0 spiro atoms. The monoisotopic (exact) mass is 357 g/mol. The minimum Gasteiger partial charge on any atom is -0.496 e. The quantitative estimate of drug-likeness (QED) is 0.813. The standard InChI is InChI=1S/C15H19NO7S/c1-22-13-4-3-11(24(2,20)21)8-12(13)15(19)16-5-6-23-9-10(16)7-14(17)18/h3-4,8,10H,5-7,9H2,1-2H3,(H,17,18). The van der Waals surface area contributed by atoms with Crippen LogP contribution in [-0.4, -0.2) is 69.5 Å². The molecular formula is C15H19NO7S. The molecule has 1 atom stereocenters. The summed E-state index contributed by atoms with van der Waals surface area (Å²) in [7, 11) is -2.12. The number of hydrogen-bond donors (Lipinski definition) is 1. The van der Waals surface area contributed by atoms with Gasteiger partial charge in [-0.2, -0.15) is 0 Å². The van der Waals surface area contributed by atoms with Gasteiger partial charge in [0.15, 0.2) is 9.84 Å². The highest BCUT2D eigenvalue weighted by Gasteiger charge is 2.31. The summed E-state index contributed by atoms with van der Waals surface area (Å²) in [6.07, 6.45) is 0.796. The molecule has 24 heavy (non-hydrogen) atoms. The average Bonchev–Trinajstić information content (AvgIpc) is 2.52. The van der Waals surface area contributed by atoms with E-state index in [1.54, 1.807) is 0 Å². The number of benzene rings is 1. The second-order valence-electron chi connectivity index (χ2n) is 5.46. The topological polar surface area (TPSA) is 110 Å². The fourth-order valence-corrected chi connectivity index (χ4v) is 3.18. The van der Waals surface area contributed by atoms with Crippen LogP contribution >= 0.6 is 0 Å². The van der Waals surface area contributed by atoms with Crippen LogP contribution in [-0.2, 0) is 19.4 Å². The molecule has 1 aliphatic heterocycles. The van der Waals surface area contributed by atoms with E-state index in [2.05, 4.69) is 0 Å². The summed E-state index contributed by atoms with van der Waals surface area (Å²) < 4.78 is 33.9. The van der Waals surface area contributed by atoms with Crippen molar-refractivity contribution in [3.8, 4) is 5.75 Å². The van der Waals surface area contributed by atoms with E-state index in [4.69, 9.17) is 14.6 Å². The molecule has 1 amide bonds. The SMILES string of the molecule is COc1ccc(S(C)(=O)=O)cc1C(=O)N1CCOCC1CC(=O)O. The summed E-state index contributed by atoms with van der Waals surface area (Å²) in [6, 6.07) is 3.41. The van der Waals surface area contributed by atoms with Crippen LogP contribution in [0.1, 0.15) is 16.8 Å². The normalized spacial score (nSPS) is 18.2. The van der Waals surface area contributed by atoms with Gasteiger partial charge in [0.25, 0.3) is 5.91 Å². The van der Waals surface area contributed by atoms with Crippen LogP contribution in [0.5, 0.6) is 5.75 Å². The van der Waals surface area contributed by atoms with E-state index >= 15 is 0 Å². The van der Waals surface area contributed by atoms with Gasteiger partial charge >= 0.3 is 5.97 Å². The number of aliphatic carboxylic acids is 1. The van der Waals surface area contributed by atoms with Crippen LogP contribution in [0.15, 0.2) is 23.1 Å². The number of methoxy groups -OCH3 is 1. The number of sulfone groups is 1. The van der Waals surface area contributed by atoms with Gasteiger partial charge in [-0.15, -0.1) is 0 Å². The van der Waals surface area contributed by atoms with Gasteiger partial charge in [0.05, 0.1) is 43.2 Å². The van der Waals surface area contributed by atoms with Gasteiger partial charge in [0.1, 0.15) is 5.75 Å². The Kier molecular flexibility index (Phi) is 5.45. The van der Waals surface area contributed by atoms with Crippen molar-refractivity contribution in [2.45, 2.75) is 17.4 Å². The molecule has 0 radical (unpaired) electrons. The van der Waals surface area contributed by atoms with Crippen molar-refractivity contribution in [3.05, 3.63) is 23.8 Å². The van der Waals surface area contributed by atoms with E-state index in [0.29, 0.717) is 0 Å². The number of hydrogen-bond acceptors (Lipinski definition) is 6. The third-order valence-electron chi connectivity index (χ3n) is 3.73. The highest BCUT2D eigenvalue weighted by Crippen LogP contribution is 2.26. The van der Waals surface area contributed by atoms with Crippen LogP contribution in [0.4, 0.5) is 0 Å². The summed E-state index contributed by atoms with van der Waals surface area (Å²) in [5.74, 6) is -1.29. The van der Waals surface area contributed by atoms with Gasteiger partial charge in [0, 0.05) is 12.8 Å². The van der Waals surface area contributed by atoms with E-state index in [9.17, 15) is 18.0 Å². The van der Waals surface area contributed by atoms with Gasteiger partial charge in [-0.05, 0) is 18.2 Å². The van der Waals surface area contributed by atoms with Crippen LogP contribution in [0, 0.1) is 0 Å². The highest BCUT2D eigenvalue weighted by atomic mass is 32.2. The molecule has 1 fully saturated rings. The third-order valence-corrected chi connectivity index (χ3v) is 4.84. The molecule has 1 heterocycles. The molecule has 0 aliphatic carbocycles.